The van der Waals surface area contributed by atoms with Gasteiger partial charge in [0, 0.05) is 18.7 Å². The number of nitrogens with one attached hydrogen (secondary N) is 2. The Hall–Kier alpha value is -1.59. The fourth-order valence-electron chi connectivity index (χ4n) is 1.76. The van der Waals surface area contributed by atoms with Gasteiger partial charge in [0.15, 0.2) is 0 Å². The van der Waals surface area contributed by atoms with E-state index in [0.717, 1.165) is 18.4 Å². The number of halogens is 1. The van der Waals surface area contributed by atoms with E-state index in [1.165, 1.54) is 0 Å². The summed E-state index contributed by atoms with van der Waals surface area (Å²) < 4.78 is 0. The first-order valence-corrected chi connectivity index (χ1v) is 6.49. The Kier molecular flexibility index (Phi) is 5.53. The van der Waals surface area contributed by atoms with Crippen molar-refractivity contribution in [3.05, 3.63) is 35.4 Å². The van der Waals surface area contributed by atoms with E-state index in [2.05, 4.69) is 10.6 Å². The fraction of sp³-hybridized carbons (Fsp3) is 0.429. The number of hydrogen-bond acceptors (Lipinski definition) is 3. The lowest BCUT2D eigenvalue weighted by molar-refractivity contribution is -0.123. The molecule has 0 bridgehead atoms. The van der Waals surface area contributed by atoms with E-state index in [-0.39, 0.29) is 24.2 Å². The summed E-state index contributed by atoms with van der Waals surface area (Å²) in [6.45, 7) is 2.92. The van der Waals surface area contributed by atoms with Crippen molar-refractivity contribution in [3.63, 3.8) is 0 Å². The average molecular weight is 298 g/mol. The van der Waals surface area contributed by atoms with Crippen molar-refractivity contribution in [1.82, 2.24) is 10.6 Å². The van der Waals surface area contributed by atoms with Crippen molar-refractivity contribution in [1.29, 1.82) is 0 Å². The van der Waals surface area contributed by atoms with Gasteiger partial charge in [0.25, 0.3) is 5.91 Å². The molecule has 0 saturated heterocycles. The molecule has 110 valence electrons. The number of amides is 2. The highest BCUT2D eigenvalue weighted by Crippen LogP contribution is 2.32. The van der Waals surface area contributed by atoms with Crippen molar-refractivity contribution in [2.75, 3.05) is 6.54 Å². The summed E-state index contributed by atoms with van der Waals surface area (Å²) in [6, 6.07) is 7.17. The fourth-order valence-corrected chi connectivity index (χ4v) is 1.76. The van der Waals surface area contributed by atoms with Gasteiger partial charge in [0.05, 0.1) is 5.54 Å². The summed E-state index contributed by atoms with van der Waals surface area (Å²) in [5.74, 6) is -0.183. The smallest absolute Gasteiger partial charge is 0.251 e. The maximum Gasteiger partial charge on any atom is 0.251 e. The summed E-state index contributed by atoms with van der Waals surface area (Å²) in [7, 11) is 0. The zero-order valence-corrected chi connectivity index (χ0v) is 12.3. The number of nitrogens with two attached hydrogens (primary N) is 1. The number of benzene rings is 1. The molecular formula is C14H20ClN3O2. The van der Waals surface area contributed by atoms with Crippen LogP contribution in [-0.2, 0) is 11.3 Å². The maximum atomic E-state index is 11.7. The zero-order valence-electron chi connectivity index (χ0n) is 11.4. The van der Waals surface area contributed by atoms with Crippen LogP contribution in [0.25, 0.3) is 0 Å². The van der Waals surface area contributed by atoms with Gasteiger partial charge in [0.1, 0.15) is 0 Å². The van der Waals surface area contributed by atoms with Crippen LogP contribution >= 0.6 is 12.4 Å². The van der Waals surface area contributed by atoms with Gasteiger partial charge in [-0.2, -0.15) is 0 Å². The van der Waals surface area contributed by atoms with E-state index in [0.29, 0.717) is 18.7 Å². The standard InChI is InChI=1S/C14H19N3O2.ClH/c1-2-16-12(18)11-5-3-10(4-6-11)9-17-13(19)14(15)7-8-14;/h3-6H,2,7-9,15H2,1H3,(H,16,18)(H,17,19);1H. The van der Waals surface area contributed by atoms with Crippen LogP contribution in [0, 0.1) is 0 Å². The Labute approximate surface area is 124 Å². The summed E-state index contributed by atoms with van der Waals surface area (Å²) in [5.41, 5.74) is 6.72. The second kappa shape index (κ2) is 6.72. The predicted octanol–water partition coefficient (Wildman–Crippen LogP) is 0.966. The molecule has 0 spiro atoms. The summed E-state index contributed by atoms with van der Waals surface area (Å²) in [4.78, 5) is 23.2. The molecule has 0 radical (unpaired) electrons. The van der Waals surface area contributed by atoms with Gasteiger partial charge >= 0.3 is 0 Å². The van der Waals surface area contributed by atoms with Crippen LogP contribution in [0.5, 0.6) is 0 Å². The van der Waals surface area contributed by atoms with Gasteiger partial charge in [-0.3, -0.25) is 9.59 Å². The van der Waals surface area contributed by atoms with Crippen molar-refractivity contribution in [2.24, 2.45) is 5.73 Å². The van der Waals surface area contributed by atoms with Crippen molar-refractivity contribution >= 4 is 24.2 Å². The number of hydrogen-bond donors (Lipinski definition) is 3. The maximum absolute atomic E-state index is 11.7. The lowest BCUT2D eigenvalue weighted by Gasteiger charge is -2.10. The number of carbonyl (C=O) groups excluding carboxylic acids is 2. The molecule has 0 heterocycles. The number of carbonyl (C=O) groups is 2. The van der Waals surface area contributed by atoms with Crippen LogP contribution in [0.1, 0.15) is 35.7 Å². The third kappa shape index (κ3) is 3.95. The third-order valence-corrected chi connectivity index (χ3v) is 3.25. The van der Waals surface area contributed by atoms with Crippen LogP contribution in [0.4, 0.5) is 0 Å². The highest BCUT2D eigenvalue weighted by Gasteiger charge is 2.45. The van der Waals surface area contributed by atoms with Crippen LogP contribution < -0.4 is 16.4 Å². The monoisotopic (exact) mass is 297 g/mol. The Morgan fingerprint density at radius 3 is 2.30 bits per heavy atom. The second-order valence-corrected chi connectivity index (χ2v) is 4.90. The second-order valence-electron chi connectivity index (χ2n) is 4.90. The molecule has 1 saturated carbocycles. The van der Waals surface area contributed by atoms with Crippen LogP contribution in [0.3, 0.4) is 0 Å². The summed E-state index contributed by atoms with van der Waals surface area (Å²) >= 11 is 0. The molecule has 0 atom stereocenters. The highest BCUT2D eigenvalue weighted by atomic mass is 35.5. The van der Waals surface area contributed by atoms with Gasteiger partial charge in [-0.05, 0) is 37.5 Å². The molecule has 4 N–H and O–H groups in total. The van der Waals surface area contributed by atoms with E-state index in [4.69, 9.17) is 5.73 Å². The van der Waals surface area contributed by atoms with Crippen LogP contribution in [-0.4, -0.2) is 23.9 Å². The quantitative estimate of drug-likeness (QED) is 0.757. The Morgan fingerprint density at radius 2 is 1.80 bits per heavy atom. The van der Waals surface area contributed by atoms with E-state index in [1.54, 1.807) is 12.1 Å². The third-order valence-electron chi connectivity index (χ3n) is 3.25. The van der Waals surface area contributed by atoms with Crippen molar-refractivity contribution < 1.29 is 9.59 Å². The zero-order chi connectivity index (χ0) is 13.9. The van der Waals surface area contributed by atoms with Gasteiger partial charge < -0.3 is 16.4 Å². The van der Waals surface area contributed by atoms with E-state index in [9.17, 15) is 9.59 Å². The van der Waals surface area contributed by atoms with Gasteiger partial charge in [-0.15, -0.1) is 12.4 Å². The molecule has 1 aliphatic rings. The minimum Gasteiger partial charge on any atom is -0.352 e. The lowest BCUT2D eigenvalue weighted by Crippen LogP contribution is -2.42. The molecule has 1 aromatic carbocycles. The normalized spacial score (nSPS) is 14.9. The molecule has 2 rings (SSSR count). The number of rotatable bonds is 5. The topological polar surface area (TPSA) is 84.2 Å². The molecule has 20 heavy (non-hydrogen) atoms. The first-order chi connectivity index (χ1) is 9.05. The molecule has 6 heteroatoms. The molecule has 1 aliphatic carbocycles. The minimum absolute atomic E-state index is 0. The molecular weight excluding hydrogens is 278 g/mol. The van der Waals surface area contributed by atoms with Gasteiger partial charge in [-0.1, -0.05) is 12.1 Å². The van der Waals surface area contributed by atoms with Crippen LogP contribution in [0.15, 0.2) is 24.3 Å². The molecule has 0 aliphatic heterocycles. The lowest BCUT2D eigenvalue weighted by atomic mass is 10.1. The largest absolute Gasteiger partial charge is 0.352 e. The molecule has 1 fully saturated rings. The van der Waals surface area contributed by atoms with Gasteiger partial charge in [0.2, 0.25) is 5.91 Å². The summed E-state index contributed by atoms with van der Waals surface area (Å²) in [6.07, 6.45) is 1.52. The predicted molar refractivity (Wildman–Crippen MR) is 79.7 cm³/mol. The molecule has 0 unspecified atom stereocenters. The first-order valence-electron chi connectivity index (χ1n) is 6.49. The first kappa shape index (κ1) is 16.5. The Bertz CT molecular complexity index is 484. The highest BCUT2D eigenvalue weighted by molar-refractivity contribution is 5.94. The SMILES string of the molecule is CCNC(=O)c1ccc(CNC(=O)C2(N)CC2)cc1.Cl. The average Bonchev–Trinajstić information content (AvgIpc) is 3.16. The van der Waals surface area contributed by atoms with E-state index in [1.807, 2.05) is 19.1 Å². The van der Waals surface area contributed by atoms with Crippen molar-refractivity contribution in [3.8, 4) is 0 Å². The van der Waals surface area contributed by atoms with E-state index < -0.39 is 5.54 Å². The van der Waals surface area contributed by atoms with Crippen molar-refractivity contribution in [2.45, 2.75) is 31.8 Å². The molecule has 2 amide bonds. The van der Waals surface area contributed by atoms with Crippen LogP contribution in [0.2, 0.25) is 0 Å². The molecule has 1 aromatic rings. The minimum atomic E-state index is -0.638. The van der Waals surface area contributed by atoms with Gasteiger partial charge in [-0.25, -0.2) is 0 Å². The summed E-state index contributed by atoms with van der Waals surface area (Å²) in [5, 5.41) is 5.55. The molecule has 0 aromatic heterocycles. The Morgan fingerprint density at radius 1 is 1.20 bits per heavy atom. The Balaban J connectivity index is 0.00000200. The molecule has 5 nitrogen and oxygen atoms in total. The van der Waals surface area contributed by atoms with E-state index >= 15 is 0 Å².